The molecule has 152 valence electrons. The molecular weight excluding hydrogens is 425 g/mol. The van der Waals surface area contributed by atoms with E-state index in [0.717, 1.165) is 0 Å². The number of carbonyl (C=O) groups excluding carboxylic acids is 1. The Morgan fingerprint density at radius 3 is 2.41 bits per heavy atom. The molecule has 1 fully saturated rings. The molecule has 1 heterocycles. The average molecular weight is 445 g/mol. The van der Waals surface area contributed by atoms with E-state index in [9.17, 15) is 25.2 Å². The van der Waals surface area contributed by atoms with Crippen molar-refractivity contribution >= 4 is 40.9 Å². The number of alkyl halides is 3. The lowest BCUT2D eigenvalue weighted by Crippen LogP contribution is -2.71. The lowest BCUT2D eigenvalue weighted by molar-refractivity contribution is -0.317. The van der Waals surface area contributed by atoms with Gasteiger partial charge in [-0.05, 0) is 5.56 Å². The summed E-state index contributed by atoms with van der Waals surface area (Å²) < 4.78 is 8.30. The molecule has 0 unspecified atom stereocenters. The van der Waals surface area contributed by atoms with Crippen molar-refractivity contribution in [1.82, 2.24) is 5.32 Å². The van der Waals surface area contributed by atoms with Crippen LogP contribution in [0.2, 0.25) is 0 Å². The minimum Gasteiger partial charge on any atom is -0.445 e. The maximum absolute atomic E-state index is 12.0. The molecule has 1 aromatic rings. The number of halogens is 3. The SMILES string of the molecule is O=C(N[C@@H]1[C@@H](O)[C@H](O)[C@@H](CO)O[C@]1(O)Cc1ccccc1)OCC(Cl)(Cl)Cl. The fourth-order valence-corrected chi connectivity index (χ4v) is 2.95. The van der Waals surface area contributed by atoms with Crippen molar-refractivity contribution in [2.24, 2.45) is 0 Å². The van der Waals surface area contributed by atoms with Crippen LogP contribution in [-0.2, 0) is 15.9 Å². The molecule has 0 spiro atoms. The molecule has 8 nitrogen and oxygen atoms in total. The van der Waals surface area contributed by atoms with Gasteiger partial charge in [-0.1, -0.05) is 65.1 Å². The standard InChI is InChI=1S/C16H20Cl3NO7/c17-16(18,19)8-26-14(24)20-13-12(23)11(22)10(7-21)27-15(13,25)6-9-4-2-1-3-5-9/h1-5,10-13,21-23,25H,6-8H2,(H,20,24)/t10-,11-,12+,13-,15-/m1/s1. The summed E-state index contributed by atoms with van der Waals surface area (Å²) in [5.41, 5.74) is 0.627. The van der Waals surface area contributed by atoms with Gasteiger partial charge in [0.2, 0.25) is 3.79 Å². The van der Waals surface area contributed by atoms with Gasteiger partial charge in [0.15, 0.2) is 5.79 Å². The number of alkyl carbamates (subject to hydrolysis) is 1. The molecule has 27 heavy (non-hydrogen) atoms. The zero-order valence-corrected chi connectivity index (χ0v) is 16.2. The molecule has 1 aromatic carbocycles. The molecule has 0 aliphatic carbocycles. The largest absolute Gasteiger partial charge is 0.445 e. The molecule has 5 N–H and O–H groups in total. The number of ether oxygens (including phenoxy) is 2. The van der Waals surface area contributed by atoms with Crippen LogP contribution in [0.4, 0.5) is 4.79 Å². The normalized spacial score (nSPS) is 31.4. The third-order valence-corrected chi connectivity index (χ3v) is 4.36. The van der Waals surface area contributed by atoms with Gasteiger partial charge in [-0.3, -0.25) is 0 Å². The quantitative estimate of drug-likeness (QED) is 0.418. The van der Waals surface area contributed by atoms with E-state index in [1.165, 1.54) is 0 Å². The lowest BCUT2D eigenvalue weighted by atomic mass is 9.86. The highest BCUT2D eigenvalue weighted by molar-refractivity contribution is 6.67. The van der Waals surface area contributed by atoms with Crippen molar-refractivity contribution < 1.29 is 34.7 Å². The monoisotopic (exact) mass is 443 g/mol. The summed E-state index contributed by atoms with van der Waals surface area (Å²) in [5, 5.41) is 43.0. The van der Waals surface area contributed by atoms with Crippen LogP contribution in [-0.4, -0.2) is 73.7 Å². The molecule has 0 saturated carbocycles. The van der Waals surface area contributed by atoms with Gasteiger partial charge in [0.1, 0.15) is 31.0 Å². The van der Waals surface area contributed by atoms with E-state index in [0.29, 0.717) is 5.56 Å². The second kappa shape index (κ2) is 9.11. The number of benzene rings is 1. The van der Waals surface area contributed by atoms with Crippen LogP contribution in [0.25, 0.3) is 0 Å². The van der Waals surface area contributed by atoms with Gasteiger partial charge >= 0.3 is 6.09 Å². The first-order valence-electron chi connectivity index (χ1n) is 7.97. The third-order valence-electron chi connectivity index (χ3n) is 4.03. The van der Waals surface area contributed by atoms with Gasteiger partial charge < -0.3 is 35.2 Å². The van der Waals surface area contributed by atoms with Gasteiger partial charge in [-0.15, -0.1) is 0 Å². The lowest BCUT2D eigenvalue weighted by Gasteiger charge is -2.47. The van der Waals surface area contributed by atoms with Gasteiger partial charge in [-0.25, -0.2) is 4.79 Å². The Hall–Kier alpha value is -0.840. The Kier molecular flexibility index (Phi) is 7.57. The summed E-state index contributed by atoms with van der Waals surface area (Å²) >= 11 is 16.5. The van der Waals surface area contributed by atoms with Gasteiger partial charge in [-0.2, -0.15) is 0 Å². The topological polar surface area (TPSA) is 128 Å². The summed E-state index contributed by atoms with van der Waals surface area (Å²) in [5.74, 6) is -2.15. The molecule has 1 amide bonds. The summed E-state index contributed by atoms with van der Waals surface area (Å²) in [6, 6.07) is 7.14. The minimum absolute atomic E-state index is 0.149. The van der Waals surface area contributed by atoms with Gasteiger partial charge in [0.05, 0.1) is 6.61 Å². The number of aliphatic hydroxyl groups excluding tert-OH is 3. The number of amides is 1. The predicted octanol–water partition coefficient (Wildman–Crippen LogP) is 0.496. The Balaban J connectivity index is 2.21. The van der Waals surface area contributed by atoms with Crippen LogP contribution in [0, 0.1) is 0 Å². The van der Waals surface area contributed by atoms with Crippen LogP contribution in [0.1, 0.15) is 5.56 Å². The number of carbonyl (C=O) groups is 1. The minimum atomic E-state index is -2.15. The fourth-order valence-electron chi connectivity index (χ4n) is 2.79. The number of aliphatic hydroxyl groups is 4. The van der Waals surface area contributed by atoms with Crippen molar-refractivity contribution in [3.63, 3.8) is 0 Å². The van der Waals surface area contributed by atoms with E-state index in [4.69, 9.17) is 44.3 Å². The van der Waals surface area contributed by atoms with E-state index in [2.05, 4.69) is 5.32 Å². The second-order valence-electron chi connectivity index (χ2n) is 6.14. The molecular formula is C16H20Cl3NO7. The highest BCUT2D eigenvalue weighted by Crippen LogP contribution is 2.31. The number of rotatable bonds is 5. The van der Waals surface area contributed by atoms with E-state index in [-0.39, 0.29) is 6.42 Å². The summed E-state index contributed by atoms with van der Waals surface area (Å²) in [6.07, 6.45) is -5.74. The maximum Gasteiger partial charge on any atom is 0.407 e. The van der Waals surface area contributed by atoms with Gasteiger partial charge in [0, 0.05) is 6.42 Å². The first-order valence-corrected chi connectivity index (χ1v) is 9.10. The first kappa shape index (κ1) is 22.4. The predicted molar refractivity (Wildman–Crippen MR) is 97.6 cm³/mol. The van der Waals surface area contributed by atoms with Crippen LogP contribution in [0.3, 0.4) is 0 Å². The zero-order chi connectivity index (χ0) is 20.2. The molecule has 1 aliphatic heterocycles. The fraction of sp³-hybridized carbons (Fsp3) is 0.562. The van der Waals surface area contributed by atoms with E-state index in [1.54, 1.807) is 30.3 Å². The molecule has 2 rings (SSSR count). The summed E-state index contributed by atoms with van der Waals surface area (Å²) in [4.78, 5) is 12.0. The molecule has 0 bridgehead atoms. The van der Waals surface area contributed by atoms with Crippen molar-refractivity contribution in [2.75, 3.05) is 13.2 Å². The van der Waals surface area contributed by atoms with Crippen LogP contribution in [0.15, 0.2) is 30.3 Å². The third kappa shape index (κ3) is 6.07. The molecule has 0 radical (unpaired) electrons. The highest BCUT2D eigenvalue weighted by Gasteiger charge is 2.54. The molecule has 1 aliphatic rings. The highest BCUT2D eigenvalue weighted by atomic mass is 35.6. The summed E-state index contributed by atoms with van der Waals surface area (Å²) in [6.45, 7) is -1.23. The van der Waals surface area contributed by atoms with Crippen LogP contribution >= 0.6 is 34.8 Å². The summed E-state index contributed by atoms with van der Waals surface area (Å²) in [7, 11) is 0. The van der Waals surface area contributed by atoms with E-state index in [1.807, 2.05) is 0 Å². The number of hydrogen-bond donors (Lipinski definition) is 5. The Bertz CT molecular complexity index is 630. The molecule has 5 atom stereocenters. The molecule has 0 aromatic heterocycles. The van der Waals surface area contributed by atoms with E-state index < -0.39 is 53.2 Å². The second-order valence-corrected chi connectivity index (χ2v) is 8.66. The van der Waals surface area contributed by atoms with Crippen LogP contribution in [0.5, 0.6) is 0 Å². The maximum atomic E-state index is 12.0. The smallest absolute Gasteiger partial charge is 0.407 e. The number of hydrogen-bond acceptors (Lipinski definition) is 7. The first-order chi connectivity index (χ1) is 12.6. The van der Waals surface area contributed by atoms with Crippen LogP contribution < -0.4 is 5.32 Å². The molecule has 11 heteroatoms. The van der Waals surface area contributed by atoms with E-state index >= 15 is 0 Å². The Morgan fingerprint density at radius 1 is 1.22 bits per heavy atom. The zero-order valence-electron chi connectivity index (χ0n) is 14.0. The Morgan fingerprint density at radius 2 is 1.85 bits per heavy atom. The van der Waals surface area contributed by atoms with Crippen molar-refractivity contribution in [2.45, 2.75) is 40.4 Å². The van der Waals surface area contributed by atoms with Crippen molar-refractivity contribution in [3.05, 3.63) is 35.9 Å². The van der Waals surface area contributed by atoms with Crippen molar-refractivity contribution in [1.29, 1.82) is 0 Å². The van der Waals surface area contributed by atoms with Crippen molar-refractivity contribution in [3.8, 4) is 0 Å². The average Bonchev–Trinajstić information content (AvgIpc) is 2.60. The number of nitrogens with one attached hydrogen (secondary N) is 1. The Labute approximate surface area is 170 Å². The molecule has 1 saturated heterocycles. The van der Waals surface area contributed by atoms with Gasteiger partial charge in [0.25, 0.3) is 0 Å².